The lowest BCUT2D eigenvalue weighted by molar-refractivity contribution is 0.0358. The van der Waals surface area contributed by atoms with E-state index in [1.54, 1.807) is 26.2 Å². The number of hydrogen-bond donors (Lipinski definition) is 3. The highest BCUT2D eigenvalue weighted by atomic mass is 35.5. The van der Waals surface area contributed by atoms with Crippen LogP contribution in [-0.4, -0.2) is 31.0 Å². The second-order valence-corrected chi connectivity index (χ2v) is 5.26. The Labute approximate surface area is 117 Å². The van der Waals surface area contributed by atoms with E-state index in [-0.39, 0.29) is 0 Å². The van der Waals surface area contributed by atoms with Gasteiger partial charge in [0.15, 0.2) is 0 Å². The van der Waals surface area contributed by atoms with Crippen LogP contribution in [-0.2, 0) is 4.74 Å². The number of methoxy groups -OCH3 is 1. The molecule has 0 radical (unpaired) electrons. The molecule has 0 aliphatic rings. The molecular weight excluding hydrogens is 275 g/mol. The van der Waals surface area contributed by atoms with Crippen molar-refractivity contribution in [2.24, 2.45) is 0 Å². The molecule has 0 spiro atoms. The molecule has 0 fully saturated rings. The molecule has 0 aliphatic carbocycles. The van der Waals surface area contributed by atoms with Crippen LogP contribution in [0.3, 0.4) is 0 Å². The lowest BCUT2D eigenvalue weighted by Crippen LogP contribution is -2.34. The molecule has 18 heavy (non-hydrogen) atoms. The summed E-state index contributed by atoms with van der Waals surface area (Å²) in [6, 6.07) is 3.22. The third kappa shape index (κ3) is 4.53. The van der Waals surface area contributed by atoms with Gasteiger partial charge >= 0.3 is 0 Å². The quantitative estimate of drug-likeness (QED) is 0.706. The average Bonchev–Trinajstić information content (AvgIpc) is 2.30. The summed E-state index contributed by atoms with van der Waals surface area (Å²) < 4.78 is 4.94. The van der Waals surface area contributed by atoms with Crippen molar-refractivity contribution in [1.82, 2.24) is 0 Å². The van der Waals surface area contributed by atoms with Crippen molar-refractivity contribution in [2.75, 3.05) is 31.3 Å². The van der Waals surface area contributed by atoms with E-state index < -0.39 is 5.60 Å². The fraction of sp³-hybridized carbons (Fsp3) is 0.500. The summed E-state index contributed by atoms with van der Waals surface area (Å²) in [5.41, 5.74) is 6.07. The number of anilines is 2. The topological polar surface area (TPSA) is 67.5 Å². The van der Waals surface area contributed by atoms with Crippen molar-refractivity contribution in [3.63, 3.8) is 0 Å². The van der Waals surface area contributed by atoms with Crippen molar-refractivity contribution in [1.29, 1.82) is 0 Å². The van der Waals surface area contributed by atoms with Gasteiger partial charge in [-0.3, -0.25) is 0 Å². The van der Waals surface area contributed by atoms with Crippen LogP contribution in [0.1, 0.15) is 13.3 Å². The maximum atomic E-state index is 10.1. The summed E-state index contributed by atoms with van der Waals surface area (Å²) in [7, 11) is 1.60. The number of hydrogen-bond acceptors (Lipinski definition) is 4. The molecular formula is C12H18Cl2N2O2. The Morgan fingerprint density at radius 3 is 2.61 bits per heavy atom. The van der Waals surface area contributed by atoms with Gasteiger partial charge in [0, 0.05) is 26.7 Å². The number of nitrogen functional groups attached to an aromatic ring is 1. The van der Waals surface area contributed by atoms with Crippen LogP contribution in [0, 0.1) is 0 Å². The van der Waals surface area contributed by atoms with Gasteiger partial charge in [0.05, 0.1) is 27.0 Å². The Kier molecular flexibility index (Phi) is 5.53. The molecule has 0 heterocycles. The van der Waals surface area contributed by atoms with Crippen molar-refractivity contribution in [3.8, 4) is 0 Å². The Bertz CT molecular complexity index is 411. The Balaban J connectivity index is 2.66. The first-order valence-corrected chi connectivity index (χ1v) is 6.31. The minimum Gasteiger partial charge on any atom is -0.397 e. The van der Waals surface area contributed by atoms with Crippen molar-refractivity contribution >= 4 is 34.6 Å². The van der Waals surface area contributed by atoms with Crippen LogP contribution in [0.2, 0.25) is 10.0 Å². The summed E-state index contributed by atoms with van der Waals surface area (Å²) in [5, 5.41) is 14.0. The SMILES string of the molecule is COCCC(C)(O)CNc1cc(Cl)c(Cl)cc1N. The number of halogens is 2. The molecule has 4 N–H and O–H groups in total. The lowest BCUT2D eigenvalue weighted by Gasteiger charge is -2.24. The van der Waals surface area contributed by atoms with Crippen LogP contribution < -0.4 is 11.1 Å². The summed E-state index contributed by atoms with van der Waals surface area (Å²) in [6.45, 7) is 2.57. The van der Waals surface area contributed by atoms with Gasteiger partial charge in [-0.15, -0.1) is 0 Å². The number of ether oxygens (including phenoxy) is 1. The molecule has 1 rings (SSSR count). The van der Waals surface area contributed by atoms with Crippen LogP contribution in [0.25, 0.3) is 0 Å². The number of benzene rings is 1. The summed E-state index contributed by atoms with van der Waals surface area (Å²) in [4.78, 5) is 0. The third-order valence-corrected chi connectivity index (χ3v) is 3.32. The molecule has 1 unspecified atom stereocenters. The molecule has 6 heteroatoms. The van der Waals surface area contributed by atoms with E-state index in [1.165, 1.54) is 0 Å². The molecule has 102 valence electrons. The molecule has 1 atom stereocenters. The molecule has 0 saturated carbocycles. The van der Waals surface area contributed by atoms with Crippen molar-refractivity contribution < 1.29 is 9.84 Å². The normalized spacial score (nSPS) is 14.3. The fourth-order valence-corrected chi connectivity index (χ4v) is 1.75. The fourth-order valence-electron chi connectivity index (χ4n) is 1.41. The molecule has 0 bridgehead atoms. The molecule has 0 aromatic heterocycles. The monoisotopic (exact) mass is 292 g/mol. The molecule has 4 nitrogen and oxygen atoms in total. The van der Waals surface area contributed by atoms with Gasteiger partial charge in [-0.1, -0.05) is 23.2 Å². The van der Waals surface area contributed by atoms with Gasteiger partial charge in [0.2, 0.25) is 0 Å². The van der Waals surface area contributed by atoms with Gasteiger partial charge in [0.25, 0.3) is 0 Å². The largest absolute Gasteiger partial charge is 0.397 e. The Morgan fingerprint density at radius 1 is 1.39 bits per heavy atom. The van der Waals surface area contributed by atoms with E-state index in [0.29, 0.717) is 41.0 Å². The van der Waals surface area contributed by atoms with Crippen LogP contribution in [0.15, 0.2) is 12.1 Å². The molecule has 1 aromatic rings. The number of aliphatic hydroxyl groups is 1. The Hall–Kier alpha value is -0.680. The van der Waals surface area contributed by atoms with E-state index >= 15 is 0 Å². The first kappa shape index (κ1) is 15.4. The third-order valence-electron chi connectivity index (χ3n) is 2.60. The smallest absolute Gasteiger partial charge is 0.0813 e. The lowest BCUT2D eigenvalue weighted by atomic mass is 10.0. The maximum Gasteiger partial charge on any atom is 0.0813 e. The zero-order valence-electron chi connectivity index (χ0n) is 10.5. The van der Waals surface area contributed by atoms with Crippen molar-refractivity contribution in [3.05, 3.63) is 22.2 Å². The zero-order chi connectivity index (χ0) is 13.8. The predicted octanol–water partition coefficient (Wildman–Crippen LogP) is 2.77. The second-order valence-electron chi connectivity index (χ2n) is 4.45. The van der Waals surface area contributed by atoms with Crippen LogP contribution in [0.5, 0.6) is 0 Å². The Morgan fingerprint density at radius 2 is 2.00 bits per heavy atom. The standard InChI is InChI=1S/C12H18Cl2N2O2/c1-12(17,3-4-18-2)7-16-11-6-9(14)8(13)5-10(11)15/h5-6,16-17H,3-4,7,15H2,1-2H3. The summed E-state index contributed by atoms with van der Waals surface area (Å²) >= 11 is 11.7. The van der Waals surface area contributed by atoms with E-state index in [9.17, 15) is 5.11 Å². The number of nitrogens with two attached hydrogens (primary N) is 1. The zero-order valence-corrected chi connectivity index (χ0v) is 12.0. The molecule has 0 saturated heterocycles. The summed E-state index contributed by atoms with van der Waals surface area (Å²) in [5.74, 6) is 0. The average molecular weight is 293 g/mol. The predicted molar refractivity (Wildman–Crippen MR) is 76.5 cm³/mol. The van der Waals surface area contributed by atoms with Crippen LogP contribution in [0.4, 0.5) is 11.4 Å². The van der Waals surface area contributed by atoms with Gasteiger partial charge in [-0.25, -0.2) is 0 Å². The highest BCUT2D eigenvalue weighted by Gasteiger charge is 2.20. The van der Waals surface area contributed by atoms with E-state index in [4.69, 9.17) is 33.7 Å². The molecule has 0 amide bonds. The first-order chi connectivity index (χ1) is 8.35. The minimum atomic E-state index is -0.880. The summed E-state index contributed by atoms with van der Waals surface area (Å²) in [6.07, 6.45) is 0.526. The highest BCUT2D eigenvalue weighted by Crippen LogP contribution is 2.31. The first-order valence-electron chi connectivity index (χ1n) is 5.55. The molecule has 1 aromatic carbocycles. The van der Waals surface area contributed by atoms with Gasteiger partial charge < -0.3 is 20.9 Å². The number of nitrogens with one attached hydrogen (secondary N) is 1. The second kappa shape index (κ2) is 6.48. The van der Waals surface area contributed by atoms with Gasteiger partial charge in [0.1, 0.15) is 0 Å². The molecule has 0 aliphatic heterocycles. The van der Waals surface area contributed by atoms with E-state index in [0.717, 1.165) is 0 Å². The van der Waals surface area contributed by atoms with Gasteiger partial charge in [-0.05, 0) is 19.1 Å². The number of rotatable bonds is 6. The van der Waals surface area contributed by atoms with E-state index in [2.05, 4.69) is 5.32 Å². The van der Waals surface area contributed by atoms with E-state index in [1.807, 2.05) is 0 Å². The highest BCUT2D eigenvalue weighted by molar-refractivity contribution is 6.42. The van der Waals surface area contributed by atoms with Gasteiger partial charge in [-0.2, -0.15) is 0 Å². The maximum absolute atomic E-state index is 10.1. The van der Waals surface area contributed by atoms with Crippen LogP contribution >= 0.6 is 23.2 Å². The minimum absolute atomic E-state index is 0.346. The van der Waals surface area contributed by atoms with Crippen molar-refractivity contribution in [2.45, 2.75) is 18.9 Å².